The first kappa shape index (κ1) is 47.5. The largest absolute Gasteiger partial charge is 0.487 e. The number of hydrogen-bond acceptors (Lipinski definition) is 13. The average molecular weight is 927 g/mol. The van der Waals surface area contributed by atoms with Gasteiger partial charge in [0.1, 0.15) is 36.9 Å². The van der Waals surface area contributed by atoms with E-state index in [2.05, 4.69) is 20.6 Å². The highest BCUT2D eigenvalue weighted by Crippen LogP contribution is 2.46. The summed E-state index contributed by atoms with van der Waals surface area (Å²) in [5, 5.41) is 7.27. The average Bonchev–Trinajstić information content (AvgIpc) is 4.20. The number of nitrogens with one attached hydrogen (secondary N) is 4. The highest BCUT2D eigenvalue weighted by molar-refractivity contribution is 7.10. The van der Waals surface area contributed by atoms with Crippen molar-refractivity contribution in [2.45, 2.75) is 63.7 Å². The first-order valence-corrected chi connectivity index (χ1v) is 22.9. The molecule has 352 valence electrons. The van der Waals surface area contributed by atoms with E-state index in [1.807, 2.05) is 67.8 Å². The standard InChI is InChI=1S/C47H58N8O10S/c1-28(2)38(52-46(58)62-5)44(56)54-19-7-10-35(54)42-48-26-33(50-42)30-15-13-29(14-16-30)31-17-18-32(41(65-24-22-61-4)40(31)64-23-21-60-3)34-27-49-43(51-34)36-11-8-20-55(36)45(57)39(53-47(59)63-6)37-12-9-25-66-37/h9,12-18,25-28,35-36,38-39H,7-8,10-11,19-24H2,1-6H3,(H,48,50)(H,49,51)(H,52,58)(H,53,59)/t35-,36-,38-,39+/m0/s1. The Labute approximate surface area is 387 Å². The van der Waals surface area contributed by atoms with Gasteiger partial charge in [-0.2, -0.15) is 0 Å². The highest BCUT2D eigenvalue weighted by Gasteiger charge is 2.39. The molecule has 5 aromatic rings. The van der Waals surface area contributed by atoms with Crippen LogP contribution < -0.4 is 20.1 Å². The number of alkyl carbamates (subject to hydrolysis) is 2. The van der Waals surface area contributed by atoms with Crippen molar-refractivity contribution in [1.82, 2.24) is 40.4 Å². The molecule has 4 atom stereocenters. The number of benzene rings is 2. The van der Waals surface area contributed by atoms with Gasteiger partial charge in [0, 0.05) is 43.3 Å². The molecule has 2 aliphatic rings. The van der Waals surface area contributed by atoms with Gasteiger partial charge in [-0.1, -0.05) is 44.2 Å². The quantitative estimate of drug-likeness (QED) is 0.0614. The summed E-state index contributed by atoms with van der Waals surface area (Å²) in [4.78, 5) is 72.9. The van der Waals surface area contributed by atoms with Crippen LogP contribution >= 0.6 is 11.3 Å². The number of amides is 4. The predicted molar refractivity (Wildman–Crippen MR) is 246 cm³/mol. The van der Waals surface area contributed by atoms with Crippen LogP contribution in [-0.4, -0.2) is 128 Å². The first-order chi connectivity index (χ1) is 32.1. The molecule has 0 unspecified atom stereocenters. The lowest BCUT2D eigenvalue weighted by Crippen LogP contribution is -2.51. The highest BCUT2D eigenvalue weighted by atomic mass is 32.1. The van der Waals surface area contributed by atoms with Crippen molar-refractivity contribution in [2.75, 3.05) is 68.0 Å². The van der Waals surface area contributed by atoms with E-state index in [9.17, 15) is 19.2 Å². The van der Waals surface area contributed by atoms with Gasteiger partial charge in [-0.05, 0) is 66.3 Å². The lowest BCUT2D eigenvalue weighted by molar-refractivity contribution is -0.135. The molecule has 0 aliphatic carbocycles. The number of thiophene rings is 1. The van der Waals surface area contributed by atoms with E-state index in [1.165, 1.54) is 25.6 Å². The number of likely N-dealkylation sites (tertiary alicyclic amines) is 2. The van der Waals surface area contributed by atoms with E-state index < -0.39 is 24.3 Å². The van der Waals surface area contributed by atoms with Crippen molar-refractivity contribution in [3.05, 3.63) is 82.8 Å². The van der Waals surface area contributed by atoms with Gasteiger partial charge in [-0.3, -0.25) is 9.59 Å². The fourth-order valence-electron chi connectivity index (χ4n) is 8.43. The molecular formula is C47H58N8O10S. The van der Waals surface area contributed by atoms with E-state index in [4.69, 9.17) is 38.4 Å². The molecule has 5 heterocycles. The van der Waals surface area contributed by atoms with E-state index in [-0.39, 0.29) is 43.0 Å². The van der Waals surface area contributed by atoms with Crippen LogP contribution in [0, 0.1) is 5.92 Å². The number of aromatic amines is 2. The number of hydrogen-bond donors (Lipinski definition) is 4. The van der Waals surface area contributed by atoms with Gasteiger partial charge in [-0.15, -0.1) is 11.3 Å². The fraction of sp³-hybridized carbons (Fsp3) is 0.447. The second-order valence-electron chi connectivity index (χ2n) is 16.3. The Kier molecular flexibility index (Phi) is 16.0. The van der Waals surface area contributed by atoms with Crippen LogP contribution in [0.5, 0.6) is 11.5 Å². The van der Waals surface area contributed by atoms with Crippen molar-refractivity contribution < 1.29 is 47.6 Å². The lowest BCUT2D eigenvalue weighted by Gasteiger charge is -2.30. The summed E-state index contributed by atoms with van der Waals surface area (Å²) >= 11 is 1.38. The van der Waals surface area contributed by atoms with Crippen molar-refractivity contribution in [3.63, 3.8) is 0 Å². The van der Waals surface area contributed by atoms with Crippen LogP contribution in [-0.2, 0) is 28.5 Å². The van der Waals surface area contributed by atoms with Crippen LogP contribution in [0.1, 0.15) is 74.2 Å². The van der Waals surface area contributed by atoms with E-state index in [0.717, 1.165) is 41.6 Å². The van der Waals surface area contributed by atoms with Gasteiger partial charge in [0.2, 0.25) is 5.91 Å². The summed E-state index contributed by atoms with van der Waals surface area (Å²) < 4.78 is 33.3. The number of ether oxygens (including phenoxy) is 6. The molecule has 0 bridgehead atoms. The molecular weight excluding hydrogens is 869 g/mol. The monoisotopic (exact) mass is 926 g/mol. The molecule has 2 aliphatic heterocycles. The maximum absolute atomic E-state index is 14.1. The summed E-state index contributed by atoms with van der Waals surface area (Å²) in [6, 6.07) is 13.3. The molecule has 66 heavy (non-hydrogen) atoms. The molecule has 0 radical (unpaired) electrons. The Bertz CT molecular complexity index is 2420. The normalized spacial score (nSPS) is 16.8. The Morgan fingerprint density at radius 2 is 1.24 bits per heavy atom. The minimum absolute atomic E-state index is 0.140. The first-order valence-electron chi connectivity index (χ1n) is 22.0. The number of aromatic nitrogens is 4. The summed E-state index contributed by atoms with van der Waals surface area (Å²) in [6.45, 7) is 5.98. The maximum Gasteiger partial charge on any atom is 0.407 e. The SMILES string of the molecule is COCCOc1c(-c2ccc(-c3cnc([C@@H]4CCCN4C(=O)[C@@H](NC(=O)OC)C(C)C)[nH]3)cc2)ccc(-c2cnc([C@@H]3CCCN3C(=O)[C@H](NC(=O)OC)c3cccs3)[nH]2)c1OCCOC. The maximum atomic E-state index is 14.1. The van der Waals surface area contributed by atoms with Gasteiger partial charge in [0.05, 0.1) is 63.3 Å². The van der Waals surface area contributed by atoms with Crippen molar-refractivity contribution in [2.24, 2.45) is 5.92 Å². The van der Waals surface area contributed by atoms with Crippen LogP contribution in [0.2, 0.25) is 0 Å². The van der Waals surface area contributed by atoms with Gasteiger partial charge < -0.3 is 58.8 Å². The zero-order valence-electron chi connectivity index (χ0n) is 38.1. The van der Waals surface area contributed by atoms with Crippen molar-refractivity contribution in [1.29, 1.82) is 0 Å². The van der Waals surface area contributed by atoms with Gasteiger partial charge in [-0.25, -0.2) is 19.6 Å². The third-order valence-corrected chi connectivity index (χ3v) is 12.7. The van der Waals surface area contributed by atoms with Crippen molar-refractivity contribution in [3.8, 4) is 45.1 Å². The molecule has 19 heteroatoms. The zero-order valence-corrected chi connectivity index (χ0v) is 38.9. The number of carbonyl (C=O) groups is 4. The third-order valence-electron chi connectivity index (χ3n) is 11.8. The third kappa shape index (κ3) is 10.6. The molecule has 2 aromatic carbocycles. The molecule has 4 N–H and O–H groups in total. The zero-order chi connectivity index (χ0) is 46.7. The number of H-pyrrole nitrogens is 2. The Balaban J connectivity index is 1.16. The predicted octanol–water partition coefficient (Wildman–Crippen LogP) is 7.05. The summed E-state index contributed by atoms with van der Waals surface area (Å²) in [5.41, 5.74) is 4.69. The van der Waals surface area contributed by atoms with Gasteiger partial charge in [0.15, 0.2) is 11.5 Å². The van der Waals surface area contributed by atoms with Crippen LogP contribution in [0.25, 0.3) is 33.6 Å². The molecule has 7 rings (SSSR count). The summed E-state index contributed by atoms with van der Waals surface area (Å²) in [7, 11) is 5.77. The van der Waals surface area contributed by atoms with Crippen LogP contribution in [0.4, 0.5) is 9.59 Å². The van der Waals surface area contributed by atoms with Gasteiger partial charge >= 0.3 is 12.2 Å². The molecule has 3 aromatic heterocycles. The number of carbonyl (C=O) groups excluding carboxylic acids is 4. The minimum atomic E-state index is -0.902. The lowest BCUT2D eigenvalue weighted by atomic mass is 9.98. The molecule has 0 spiro atoms. The Hall–Kier alpha value is -6.44. The van der Waals surface area contributed by atoms with E-state index >= 15 is 0 Å². The van der Waals surface area contributed by atoms with Crippen LogP contribution in [0.15, 0.2) is 66.3 Å². The smallest absolute Gasteiger partial charge is 0.407 e. The van der Waals surface area contributed by atoms with Crippen molar-refractivity contribution >= 4 is 35.3 Å². The fourth-order valence-corrected chi connectivity index (χ4v) is 9.20. The summed E-state index contributed by atoms with van der Waals surface area (Å²) in [6.07, 6.45) is 5.15. The molecule has 4 amide bonds. The number of rotatable bonds is 19. The number of methoxy groups -OCH3 is 4. The molecule has 0 saturated carbocycles. The number of nitrogens with zero attached hydrogens (tertiary/aromatic N) is 4. The number of imidazole rings is 2. The molecule has 2 fully saturated rings. The van der Waals surface area contributed by atoms with Crippen LogP contribution in [0.3, 0.4) is 0 Å². The minimum Gasteiger partial charge on any atom is -0.487 e. The Morgan fingerprint density at radius 1 is 0.697 bits per heavy atom. The second-order valence-corrected chi connectivity index (χ2v) is 17.2. The molecule has 18 nitrogen and oxygen atoms in total. The van der Waals surface area contributed by atoms with Gasteiger partial charge in [0.25, 0.3) is 5.91 Å². The Morgan fingerprint density at radius 3 is 1.82 bits per heavy atom. The topological polar surface area (TPSA) is 212 Å². The second kappa shape index (κ2) is 22.2. The summed E-state index contributed by atoms with van der Waals surface area (Å²) in [5.74, 6) is 1.71. The van der Waals surface area contributed by atoms with E-state index in [1.54, 1.807) is 36.4 Å². The molecule has 2 saturated heterocycles. The van der Waals surface area contributed by atoms with E-state index in [0.29, 0.717) is 72.0 Å².